The Bertz CT molecular complexity index is 600. The zero-order chi connectivity index (χ0) is 13.8. The number of hydrogen-bond acceptors (Lipinski definition) is 4. The van der Waals surface area contributed by atoms with Crippen LogP contribution in [0.2, 0.25) is 5.02 Å². The van der Waals surface area contributed by atoms with Crippen LogP contribution in [0.4, 0.5) is 10.3 Å². The fraction of sp³-hybridized carbons (Fsp3) is 0.167. The highest BCUT2D eigenvalue weighted by Crippen LogP contribution is 2.17. The number of benzene rings is 1. The third-order valence-electron chi connectivity index (χ3n) is 2.44. The molecule has 7 heteroatoms. The van der Waals surface area contributed by atoms with Crippen LogP contribution in [-0.4, -0.2) is 4.92 Å². The van der Waals surface area contributed by atoms with Gasteiger partial charge in [-0.15, -0.1) is 0 Å². The van der Waals surface area contributed by atoms with Crippen LogP contribution in [0.15, 0.2) is 34.7 Å². The molecule has 0 bridgehead atoms. The van der Waals surface area contributed by atoms with Crippen LogP contribution >= 0.6 is 11.6 Å². The van der Waals surface area contributed by atoms with E-state index in [2.05, 4.69) is 5.32 Å². The van der Waals surface area contributed by atoms with Gasteiger partial charge < -0.3 is 9.73 Å². The molecule has 0 unspecified atom stereocenters. The van der Waals surface area contributed by atoms with E-state index in [1.165, 1.54) is 24.3 Å². The summed E-state index contributed by atoms with van der Waals surface area (Å²) in [5.41, 5.74) is 0.812. The van der Waals surface area contributed by atoms with E-state index < -0.39 is 10.7 Å². The van der Waals surface area contributed by atoms with Crippen LogP contribution in [0.25, 0.3) is 0 Å². The molecule has 0 fully saturated rings. The van der Waals surface area contributed by atoms with Gasteiger partial charge in [0.15, 0.2) is 0 Å². The second kappa shape index (κ2) is 5.81. The molecule has 1 aromatic heterocycles. The van der Waals surface area contributed by atoms with Crippen LogP contribution in [-0.2, 0) is 13.1 Å². The topological polar surface area (TPSA) is 68.3 Å². The van der Waals surface area contributed by atoms with Gasteiger partial charge in [-0.05, 0) is 23.8 Å². The number of nitrogens with one attached hydrogen (secondary N) is 1. The summed E-state index contributed by atoms with van der Waals surface area (Å²) < 4.78 is 17.9. The zero-order valence-electron chi connectivity index (χ0n) is 9.73. The van der Waals surface area contributed by atoms with Crippen LogP contribution in [0.5, 0.6) is 0 Å². The van der Waals surface area contributed by atoms with Gasteiger partial charge in [-0.1, -0.05) is 17.7 Å². The molecular formula is C12H10ClFN2O3. The van der Waals surface area contributed by atoms with Crippen molar-refractivity contribution in [2.75, 3.05) is 0 Å². The maximum absolute atomic E-state index is 12.9. The predicted octanol–water partition coefficient (Wildman–Crippen LogP) is 3.27. The van der Waals surface area contributed by atoms with Gasteiger partial charge >= 0.3 is 5.88 Å². The summed E-state index contributed by atoms with van der Waals surface area (Å²) in [6.45, 7) is 0.789. The van der Waals surface area contributed by atoms with Crippen molar-refractivity contribution >= 4 is 17.5 Å². The van der Waals surface area contributed by atoms with Crippen molar-refractivity contribution < 1.29 is 13.7 Å². The van der Waals surface area contributed by atoms with Crippen molar-refractivity contribution in [1.29, 1.82) is 0 Å². The molecule has 2 aromatic rings. The lowest BCUT2D eigenvalue weighted by atomic mass is 10.2. The number of nitrogens with zero attached hydrogens (tertiary/aromatic N) is 1. The third-order valence-corrected chi connectivity index (χ3v) is 2.73. The van der Waals surface area contributed by atoms with Gasteiger partial charge in [0.1, 0.15) is 16.5 Å². The van der Waals surface area contributed by atoms with Gasteiger partial charge in [-0.25, -0.2) is 4.39 Å². The molecule has 0 aliphatic heterocycles. The van der Waals surface area contributed by atoms with Crippen LogP contribution in [0, 0.1) is 15.9 Å². The van der Waals surface area contributed by atoms with Gasteiger partial charge in [0.25, 0.3) is 0 Å². The van der Waals surface area contributed by atoms with E-state index in [1.54, 1.807) is 6.07 Å². The Labute approximate surface area is 113 Å². The minimum absolute atomic E-state index is 0.0629. The van der Waals surface area contributed by atoms with Crippen LogP contribution in [0.1, 0.15) is 11.3 Å². The van der Waals surface area contributed by atoms with Crippen molar-refractivity contribution in [3.8, 4) is 0 Å². The molecule has 5 nitrogen and oxygen atoms in total. The van der Waals surface area contributed by atoms with E-state index >= 15 is 0 Å². The first kappa shape index (κ1) is 13.5. The first-order valence-corrected chi connectivity index (χ1v) is 5.82. The fourth-order valence-electron chi connectivity index (χ4n) is 1.54. The highest BCUT2D eigenvalue weighted by Gasteiger charge is 2.11. The molecule has 0 amide bonds. The van der Waals surface area contributed by atoms with Crippen molar-refractivity contribution in [2.45, 2.75) is 13.1 Å². The Balaban J connectivity index is 1.88. The Morgan fingerprint density at radius 1 is 1.32 bits per heavy atom. The Morgan fingerprint density at radius 3 is 2.74 bits per heavy atom. The highest BCUT2D eigenvalue weighted by atomic mass is 35.5. The summed E-state index contributed by atoms with van der Waals surface area (Å²) >= 11 is 5.65. The highest BCUT2D eigenvalue weighted by molar-refractivity contribution is 6.30. The molecule has 1 aromatic carbocycles. The van der Waals surface area contributed by atoms with Crippen molar-refractivity contribution in [1.82, 2.24) is 5.32 Å². The molecule has 0 radical (unpaired) electrons. The van der Waals surface area contributed by atoms with Crippen molar-refractivity contribution in [3.63, 3.8) is 0 Å². The van der Waals surface area contributed by atoms with Crippen LogP contribution < -0.4 is 5.32 Å². The van der Waals surface area contributed by atoms with Crippen LogP contribution in [0.3, 0.4) is 0 Å². The molecule has 0 spiro atoms. The lowest BCUT2D eigenvalue weighted by Gasteiger charge is -2.03. The molecule has 2 rings (SSSR count). The van der Waals surface area contributed by atoms with Gasteiger partial charge in [0.2, 0.25) is 0 Å². The molecule has 1 heterocycles. The molecule has 0 aliphatic carbocycles. The van der Waals surface area contributed by atoms with E-state index in [-0.39, 0.29) is 10.9 Å². The average Bonchev–Trinajstić information content (AvgIpc) is 2.83. The van der Waals surface area contributed by atoms with E-state index in [9.17, 15) is 14.5 Å². The third kappa shape index (κ3) is 3.52. The van der Waals surface area contributed by atoms with Gasteiger partial charge in [-0.2, -0.15) is 0 Å². The Morgan fingerprint density at radius 2 is 2.11 bits per heavy atom. The zero-order valence-corrected chi connectivity index (χ0v) is 10.5. The summed E-state index contributed by atoms with van der Waals surface area (Å²) in [5.74, 6) is -0.298. The van der Waals surface area contributed by atoms with Gasteiger partial charge in [0.05, 0.1) is 17.6 Å². The monoisotopic (exact) mass is 284 g/mol. The van der Waals surface area contributed by atoms with E-state index in [0.717, 1.165) is 5.56 Å². The SMILES string of the molecule is O=[N+]([O-])c1ccc(CNCc2ccc(F)c(Cl)c2)o1. The second-order valence-corrected chi connectivity index (χ2v) is 4.26. The summed E-state index contributed by atoms with van der Waals surface area (Å²) in [6.07, 6.45) is 0. The normalized spacial score (nSPS) is 10.6. The first-order chi connectivity index (χ1) is 9.06. The molecule has 100 valence electrons. The smallest absolute Gasteiger partial charge is 0.404 e. The Hall–Kier alpha value is -1.92. The molecule has 0 atom stereocenters. The average molecular weight is 285 g/mol. The lowest BCUT2D eigenvalue weighted by Crippen LogP contribution is -2.12. The number of nitro groups is 1. The van der Waals surface area contributed by atoms with E-state index in [1.807, 2.05) is 0 Å². The summed E-state index contributed by atoms with van der Waals surface area (Å²) in [5, 5.41) is 13.5. The molecule has 1 N–H and O–H groups in total. The largest absolute Gasteiger partial charge is 0.433 e. The summed E-state index contributed by atoms with van der Waals surface area (Å²) in [7, 11) is 0. The summed E-state index contributed by atoms with van der Waals surface area (Å²) in [6, 6.07) is 7.25. The predicted molar refractivity (Wildman–Crippen MR) is 67.3 cm³/mol. The number of hydrogen-bond donors (Lipinski definition) is 1. The quantitative estimate of drug-likeness (QED) is 0.676. The molecule has 0 aliphatic rings. The number of halogens is 2. The molecular weight excluding hydrogens is 275 g/mol. The van der Waals surface area contributed by atoms with Crippen molar-refractivity contribution in [3.05, 3.63) is 62.6 Å². The van der Waals surface area contributed by atoms with Crippen molar-refractivity contribution in [2.24, 2.45) is 0 Å². The lowest BCUT2D eigenvalue weighted by molar-refractivity contribution is -0.402. The van der Waals surface area contributed by atoms with Gasteiger partial charge in [0, 0.05) is 6.54 Å². The minimum atomic E-state index is -0.594. The Kier molecular flexibility index (Phi) is 4.13. The van der Waals surface area contributed by atoms with E-state index in [0.29, 0.717) is 18.8 Å². The fourth-order valence-corrected chi connectivity index (χ4v) is 1.74. The standard InChI is InChI=1S/C12H10ClFN2O3/c13-10-5-8(1-3-11(10)14)6-15-7-9-2-4-12(19-9)16(17)18/h1-5,15H,6-7H2. The maximum Gasteiger partial charge on any atom is 0.433 e. The first-order valence-electron chi connectivity index (χ1n) is 5.44. The molecule has 19 heavy (non-hydrogen) atoms. The number of furan rings is 1. The maximum atomic E-state index is 12.9. The minimum Gasteiger partial charge on any atom is -0.404 e. The summed E-state index contributed by atoms with van der Waals surface area (Å²) in [4.78, 5) is 9.83. The second-order valence-electron chi connectivity index (χ2n) is 3.85. The number of rotatable bonds is 5. The molecule has 0 saturated carbocycles. The molecule has 0 saturated heterocycles. The van der Waals surface area contributed by atoms with E-state index in [4.69, 9.17) is 16.0 Å². The van der Waals surface area contributed by atoms with Gasteiger partial charge in [-0.3, -0.25) is 10.1 Å².